The summed E-state index contributed by atoms with van der Waals surface area (Å²) in [6.07, 6.45) is 0.713. The highest BCUT2D eigenvalue weighted by atomic mass is 32.2. The Morgan fingerprint density at radius 3 is 2.46 bits per heavy atom. The molecule has 0 aliphatic carbocycles. The molecule has 0 saturated carbocycles. The molecule has 0 radical (unpaired) electrons. The van der Waals surface area contributed by atoms with Crippen LogP contribution in [0.5, 0.6) is 0 Å². The van der Waals surface area contributed by atoms with E-state index in [0.717, 1.165) is 12.2 Å². The number of anilines is 2. The van der Waals surface area contributed by atoms with Crippen LogP contribution in [-0.2, 0) is 10.0 Å². The lowest BCUT2D eigenvalue weighted by Crippen LogP contribution is -2.38. The van der Waals surface area contributed by atoms with E-state index in [1.165, 1.54) is 22.5 Å². The van der Waals surface area contributed by atoms with Crippen LogP contribution in [0.25, 0.3) is 0 Å². The van der Waals surface area contributed by atoms with Crippen LogP contribution in [0.4, 0.5) is 15.8 Å². The largest absolute Gasteiger partial charge is 0.373 e. The van der Waals surface area contributed by atoms with Gasteiger partial charge in [0.05, 0.1) is 16.3 Å². The Morgan fingerprint density at radius 2 is 1.79 bits per heavy atom. The minimum Gasteiger partial charge on any atom is -0.373 e. The van der Waals surface area contributed by atoms with E-state index in [9.17, 15) is 12.8 Å². The molecule has 2 aromatic carbocycles. The van der Waals surface area contributed by atoms with Gasteiger partial charge in [-0.15, -0.1) is 0 Å². The molecule has 0 spiro atoms. The van der Waals surface area contributed by atoms with Crippen molar-refractivity contribution in [3.63, 3.8) is 0 Å². The average molecular weight is 348 g/mol. The van der Waals surface area contributed by atoms with Crippen LogP contribution in [0.3, 0.4) is 0 Å². The lowest BCUT2D eigenvalue weighted by molar-refractivity contribution is 0.573. The van der Waals surface area contributed by atoms with Gasteiger partial charge in [-0.25, -0.2) is 12.8 Å². The van der Waals surface area contributed by atoms with Crippen molar-refractivity contribution in [2.75, 3.05) is 22.8 Å². The molecular weight excluding hydrogens is 327 g/mol. The van der Waals surface area contributed by atoms with Crippen LogP contribution in [0.1, 0.15) is 18.9 Å². The predicted molar refractivity (Wildman–Crippen MR) is 94.6 cm³/mol. The third-order valence-electron chi connectivity index (χ3n) is 4.50. The van der Waals surface area contributed by atoms with Crippen molar-refractivity contribution in [1.29, 1.82) is 0 Å². The maximum atomic E-state index is 13.5. The van der Waals surface area contributed by atoms with Gasteiger partial charge in [0.1, 0.15) is 5.82 Å². The lowest BCUT2D eigenvalue weighted by atomic mass is 10.2. The van der Waals surface area contributed by atoms with Gasteiger partial charge in [-0.05, 0) is 56.2 Å². The second-order valence-corrected chi connectivity index (χ2v) is 8.07. The third-order valence-corrected chi connectivity index (χ3v) is 6.42. The number of sulfonamides is 1. The molecule has 1 unspecified atom stereocenters. The fourth-order valence-corrected chi connectivity index (χ4v) is 4.87. The van der Waals surface area contributed by atoms with Crippen LogP contribution in [0, 0.1) is 12.7 Å². The van der Waals surface area contributed by atoms with Crippen molar-refractivity contribution in [1.82, 2.24) is 0 Å². The maximum Gasteiger partial charge on any atom is 0.264 e. The number of rotatable bonds is 2. The van der Waals surface area contributed by atoms with Crippen LogP contribution < -0.4 is 9.21 Å². The number of benzene rings is 2. The highest BCUT2D eigenvalue weighted by Gasteiger charge is 2.33. The number of halogens is 1. The van der Waals surface area contributed by atoms with Crippen LogP contribution in [0.2, 0.25) is 0 Å². The molecule has 1 atom stereocenters. The quantitative estimate of drug-likeness (QED) is 0.833. The second kappa shape index (κ2) is 6.09. The molecule has 0 amide bonds. The fraction of sp³-hybridized carbons (Fsp3) is 0.333. The van der Waals surface area contributed by atoms with Gasteiger partial charge in [-0.2, -0.15) is 0 Å². The molecule has 24 heavy (non-hydrogen) atoms. The van der Waals surface area contributed by atoms with Crippen LogP contribution in [0.15, 0.2) is 47.4 Å². The summed E-state index contributed by atoms with van der Waals surface area (Å²) in [5, 5.41) is 0. The Hall–Kier alpha value is -2.08. The molecule has 1 aliphatic heterocycles. The van der Waals surface area contributed by atoms with E-state index in [2.05, 4.69) is 4.90 Å². The van der Waals surface area contributed by atoms with E-state index in [0.29, 0.717) is 17.7 Å². The first-order valence-corrected chi connectivity index (χ1v) is 9.37. The zero-order chi connectivity index (χ0) is 17.5. The van der Waals surface area contributed by atoms with E-state index in [4.69, 9.17) is 0 Å². The minimum atomic E-state index is -3.77. The van der Waals surface area contributed by atoms with Gasteiger partial charge in [-0.1, -0.05) is 12.1 Å². The third kappa shape index (κ3) is 2.75. The van der Waals surface area contributed by atoms with E-state index < -0.39 is 15.8 Å². The standard InChI is InChI=1S/C18H21FN2O2S/c1-13-12-15(8-9-16(13)19)24(22,23)21-14(2)10-11-20(3)17-6-4-5-7-18(17)21/h4-9,12,14H,10-11H2,1-3H3. The van der Waals surface area contributed by atoms with Crippen molar-refractivity contribution in [2.45, 2.75) is 31.2 Å². The number of hydrogen-bond acceptors (Lipinski definition) is 3. The van der Waals surface area contributed by atoms with Gasteiger partial charge in [-0.3, -0.25) is 4.31 Å². The zero-order valence-corrected chi connectivity index (χ0v) is 14.8. The van der Waals surface area contributed by atoms with Crippen molar-refractivity contribution >= 4 is 21.4 Å². The van der Waals surface area contributed by atoms with Gasteiger partial charge in [0, 0.05) is 19.6 Å². The van der Waals surface area contributed by atoms with Gasteiger partial charge >= 0.3 is 0 Å². The molecular formula is C18H21FN2O2S. The van der Waals surface area contributed by atoms with Gasteiger partial charge in [0.15, 0.2) is 0 Å². The molecule has 1 aliphatic rings. The molecule has 0 bridgehead atoms. The fourth-order valence-electron chi connectivity index (χ4n) is 3.09. The Labute approximate surface area is 142 Å². The first kappa shape index (κ1) is 16.8. The highest BCUT2D eigenvalue weighted by molar-refractivity contribution is 7.92. The first-order chi connectivity index (χ1) is 11.3. The highest BCUT2D eigenvalue weighted by Crippen LogP contribution is 2.37. The summed E-state index contributed by atoms with van der Waals surface area (Å²) >= 11 is 0. The normalized spacial score (nSPS) is 18.2. The van der Waals surface area contributed by atoms with Gasteiger partial charge in [0.25, 0.3) is 10.0 Å². The van der Waals surface area contributed by atoms with E-state index in [1.807, 2.05) is 38.2 Å². The SMILES string of the molecule is Cc1cc(S(=O)(=O)N2c3ccccc3N(C)CCC2C)ccc1F. The lowest BCUT2D eigenvalue weighted by Gasteiger charge is -2.30. The van der Waals surface area contributed by atoms with Crippen molar-refractivity contribution in [3.8, 4) is 0 Å². The van der Waals surface area contributed by atoms with Crippen molar-refractivity contribution in [3.05, 3.63) is 53.8 Å². The van der Waals surface area contributed by atoms with Crippen LogP contribution >= 0.6 is 0 Å². The van der Waals surface area contributed by atoms with E-state index in [1.54, 1.807) is 6.92 Å². The molecule has 4 nitrogen and oxygen atoms in total. The summed E-state index contributed by atoms with van der Waals surface area (Å²) in [6.45, 7) is 4.25. The Bertz CT molecular complexity index is 867. The molecule has 3 rings (SSSR count). The van der Waals surface area contributed by atoms with Gasteiger partial charge < -0.3 is 4.90 Å². The summed E-state index contributed by atoms with van der Waals surface area (Å²) in [5.41, 5.74) is 1.86. The summed E-state index contributed by atoms with van der Waals surface area (Å²) in [6, 6.07) is 11.2. The number of hydrogen-bond donors (Lipinski definition) is 0. The maximum absolute atomic E-state index is 13.5. The molecule has 1 heterocycles. The molecule has 6 heteroatoms. The molecule has 2 aromatic rings. The topological polar surface area (TPSA) is 40.6 Å². The Kier molecular flexibility index (Phi) is 4.25. The second-order valence-electron chi connectivity index (χ2n) is 6.26. The monoisotopic (exact) mass is 348 g/mol. The average Bonchev–Trinajstić information content (AvgIpc) is 2.67. The first-order valence-electron chi connectivity index (χ1n) is 7.93. The minimum absolute atomic E-state index is 0.118. The van der Waals surface area contributed by atoms with E-state index in [-0.39, 0.29) is 10.9 Å². The van der Waals surface area contributed by atoms with Crippen molar-refractivity contribution in [2.24, 2.45) is 0 Å². The number of fused-ring (bicyclic) bond motifs is 1. The zero-order valence-electron chi connectivity index (χ0n) is 14.0. The van der Waals surface area contributed by atoms with Crippen molar-refractivity contribution < 1.29 is 12.8 Å². The van der Waals surface area contributed by atoms with Gasteiger partial charge in [0.2, 0.25) is 0 Å². The Balaban J connectivity index is 2.18. The predicted octanol–water partition coefficient (Wildman–Crippen LogP) is 3.56. The number of nitrogens with zero attached hydrogens (tertiary/aromatic N) is 2. The summed E-state index contributed by atoms with van der Waals surface area (Å²) in [7, 11) is -1.81. The summed E-state index contributed by atoms with van der Waals surface area (Å²) in [5.74, 6) is -0.405. The summed E-state index contributed by atoms with van der Waals surface area (Å²) in [4.78, 5) is 2.18. The van der Waals surface area contributed by atoms with Crippen LogP contribution in [-0.4, -0.2) is 28.1 Å². The molecule has 128 valence electrons. The van der Waals surface area contributed by atoms with E-state index >= 15 is 0 Å². The molecule has 0 saturated heterocycles. The molecule has 0 N–H and O–H groups in total. The smallest absolute Gasteiger partial charge is 0.264 e. The summed E-state index contributed by atoms with van der Waals surface area (Å²) < 4.78 is 41.6. The molecule has 0 aromatic heterocycles. The Morgan fingerprint density at radius 1 is 1.12 bits per heavy atom. The number of para-hydroxylation sites is 2. The molecule has 0 fully saturated rings. The number of aryl methyl sites for hydroxylation is 1.